The van der Waals surface area contributed by atoms with Crippen LogP contribution in [0.4, 0.5) is 5.69 Å². The molecule has 0 fully saturated rings. The second kappa shape index (κ2) is 25.1. The van der Waals surface area contributed by atoms with Gasteiger partial charge in [-0.25, -0.2) is 9.67 Å². The number of benzene rings is 8. The molecule has 1 heterocycles. The summed E-state index contributed by atoms with van der Waals surface area (Å²) in [7, 11) is 0. The van der Waals surface area contributed by atoms with E-state index in [1.54, 1.807) is 12.1 Å². The van der Waals surface area contributed by atoms with Crippen LogP contribution in [-0.2, 0) is 4.74 Å². The first-order valence-electron chi connectivity index (χ1n) is 20.1. The lowest BCUT2D eigenvalue weighted by Gasteiger charge is -2.09. The first-order chi connectivity index (χ1) is 32.2. The summed E-state index contributed by atoms with van der Waals surface area (Å²) in [5, 5.41) is 9.58. The van der Waals surface area contributed by atoms with Crippen molar-refractivity contribution in [2.24, 2.45) is 10.8 Å². The van der Waals surface area contributed by atoms with E-state index in [1.807, 2.05) is 115 Å². The van der Waals surface area contributed by atoms with E-state index in [0.29, 0.717) is 23.9 Å². The highest BCUT2D eigenvalue weighted by molar-refractivity contribution is 9.11. The van der Waals surface area contributed by atoms with Crippen molar-refractivity contribution in [1.29, 1.82) is 0 Å². The molecule has 0 unspecified atom stereocenters. The number of nitrogen functional groups attached to an aromatic ring is 1. The fourth-order valence-corrected chi connectivity index (χ4v) is 7.45. The fraction of sp³-hybridized carbons (Fsp3) is 0.0588. The molecule has 1 amide bonds. The van der Waals surface area contributed by atoms with Gasteiger partial charge in [0.15, 0.2) is 11.6 Å². The van der Waals surface area contributed by atoms with E-state index in [0.717, 1.165) is 62.6 Å². The zero-order valence-corrected chi connectivity index (χ0v) is 44.6. The van der Waals surface area contributed by atoms with Crippen molar-refractivity contribution in [3.8, 4) is 28.5 Å². The lowest BCUT2D eigenvalue weighted by atomic mass is 10.1. The van der Waals surface area contributed by atoms with Gasteiger partial charge >= 0.3 is 0 Å². The molecule has 340 valence electrons. The Morgan fingerprint density at radius 1 is 0.612 bits per heavy atom. The third kappa shape index (κ3) is 15.5. The number of aromatic nitrogens is 3. The van der Waals surface area contributed by atoms with Crippen molar-refractivity contribution >= 4 is 149 Å². The molecule has 67 heavy (non-hydrogen) atoms. The quantitative estimate of drug-likeness (QED) is 0.0541. The number of ether oxygens (including phenoxy) is 1. The van der Waals surface area contributed by atoms with E-state index in [1.165, 1.54) is 10.8 Å². The molecule has 8 nitrogen and oxygen atoms in total. The minimum absolute atomic E-state index is 0.325. The molecule has 0 spiro atoms. The van der Waals surface area contributed by atoms with Gasteiger partial charge in [-0.3, -0.25) is 10.6 Å². The Labute approximate surface area is 442 Å². The molecule has 8 aromatic carbocycles. The molecule has 0 saturated carbocycles. The van der Waals surface area contributed by atoms with Crippen LogP contribution in [0.3, 0.4) is 0 Å². The van der Waals surface area contributed by atoms with Gasteiger partial charge in [-0.1, -0.05) is 207 Å². The van der Waals surface area contributed by atoms with Crippen molar-refractivity contribution in [3.05, 3.63) is 211 Å². The molecule has 1 aromatic heterocycles. The molecular formula is C51H38Br4Cl4N6O2. The first-order valence-corrected chi connectivity index (χ1v) is 24.8. The summed E-state index contributed by atoms with van der Waals surface area (Å²) >= 11 is 33.0. The number of nitrogens with zero attached hydrogens (tertiary/aromatic N) is 4. The van der Waals surface area contributed by atoms with Crippen LogP contribution >= 0.6 is 110 Å². The predicted octanol–water partition coefficient (Wildman–Crippen LogP) is 16.8. The molecule has 0 aliphatic rings. The van der Waals surface area contributed by atoms with Crippen LogP contribution in [0.1, 0.15) is 22.8 Å². The van der Waals surface area contributed by atoms with Gasteiger partial charge in [0.1, 0.15) is 0 Å². The van der Waals surface area contributed by atoms with Crippen molar-refractivity contribution in [2.45, 2.75) is 10.2 Å². The van der Waals surface area contributed by atoms with Crippen LogP contribution in [0.5, 0.6) is 0 Å². The van der Waals surface area contributed by atoms with E-state index < -0.39 is 3.25 Å². The van der Waals surface area contributed by atoms with Crippen molar-refractivity contribution in [3.63, 3.8) is 0 Å². The summed E-state index contributed by atoms with van der Waals surface area (Å²) in [6.07, 6.45) is 0. The Hall–Kier alpha value is -4.60. The highest BCUT2D eigenvalue weighted by Crippen LogP contribution is 2.31. The standard InChI is InChI=1S/C24H15Br2N3.C16H13Br2NO2.C10H10N2.CCl4/c25-19-12-8-17(9-13-19)23-27-24(18-10-14-20(26)15-11-18)29(28-23)22-7-3-5-16-4-1-2-6-21(16)22;1-2-21-16(12-5-9-14(18)10-6-12)19-15(20)11-3-7-13(17)8-4-11;11-12-10-7-3-5-8-4-1-2-6-9(8)10;2-1(3,4)5/h1-15H;3-10H,2H2,1H3;1-7,12H,11H2;. The Bertz CT molecular complexity index is 3060. The van der Waals surface area contributed by atoms with Gasteiger partial charge in [0, 0.05) is 50.9 Å². The van der Waals surface area contributed by atoms with E-state index >= 15 is 0 Å². The Balaban J connectivity index is 0.000000169. The minimum Gasteiger partial charge on any atom is -0.477 e. The van der Waals surface area contributed by atoms with Gasteiger partial charge in [0.2, 0.25) is 5.90 Å². The van der Waals surface area contributed by atoms with Crippen LogP contribution in [0.25, 0.3) is 50.0 Å². The molecule has 16 heteroatoms. The Morgan fingerprint density at radius 3 is 1.60 bits per heavy atom. The summed E-state index contributed by atoms with van der Waals surface area (Å²) in [5.41, 5.74) is 7.93. The molecule has 9 rings (SSSR count). The van der Waals surface area contributed by atoms with Gasteiger partial charge in [-0.2, -0.15) is 4.99 Å². The molecule has 0 atom stereocenters. The first kappa shape index (κ1) is 51.8. The summed E-state index contributed by atoms with van der Waals surface area (Å²) in [4.78, 5) is 21.2. The molecular weight excluding hydrogens is 1190 g/mol. The average molecular weight is 1230 g/mol. The summed E-state index contributed by atoms with van der Waals surface area (Å²) in [5.74, 6) is 6.88. The number of hydrogen-bond donors (Lipinski definition) is 2. The Morgan fingerprint density at radius 2 is 1.06 bits per heavy atom. The number of halogens is 8. The van der Waals surface area contributed by atoms with Gasteiger partial charge < -0.3 is 10.2 Å². The minimum atomic E-state index is -1.61. The van der Waals surface area contributed by atoms with E-state index in [-0.39, 0.29) is 5.91 Å². The van der Waals surface area contributed by atoms with E-state index in [9.17, 15) is 4.79 Å². The summed E-state index contributed by atoms with van der Waals surface area (Å²) in [6, 6.07) is 59.5. The SMILES string of the molecule is Brc1ccc(-c2nc(-c3ccc(Br)cc3)n(-c3cccc4ccccc34)n2)cc1.CCOC(=NC(=O)c1ccc(Br)cc1)c1ccc(Br)cc1.ClC(Cl)(Cl)Cl.NNc1cccc2ccccc12. The number of nitrogens with two attached hydrogens (primary N) is 1. The fourth-order valence-electron chi connectivity index (χ4n) is 6.39. The molecule has 0 bridgehead atoms. The third-order valence-corrected chi connectivity index (χ3v) is 11.5. The number of aliphatic imine (C=N–C) groups is 1. The number of nitrogens with one attached hydrogen (secondary N) is 1. The van der Waals surface area contributed by atoms with E-state index in [2.05, 4.69) is 141 Å². The summed E-state index contributed by atoms with van der Waals surface area (Å²) in [6.45, 7) is 2.31. The molecule has 0 saturated heterocycles. The number of hydrazine groups is 1. The van der Waals surface area contributed by atoms with Crippen LogP contribution in [-0.4, -0.2) is 36.4 Å². The zero-order chi connectivity index (χ0) is 47.9. The lowest BCUT2D eigenvalue weighted by molar-refractivity contribution is 0.0999. The number of amides is 1. The number of carbonyl (C=O) groups is 1. The molecule has 0 aliphatic heterocycles. The number of carbonyl (C=O) groups excluding carboxylic acids is 1. The molecule has 3 N–H and O–H groups in total. The Kier molecular flexibility index (Phi) is 19.4. The highest BCUT2D eigenvalue weighted by atomic mass is 79.9. The largest absolute Gasteiger partial charge is 0.477 e. The molecule has 0 radical (unpaired) electrons. The maximum atomic E-state index is 12.2. The van der Waals surface area contributed by atoms with Gasteiger partial charge in [0.25, 0.3) is 9.16 Å². The van der Waals surface area contributed by atoms with E-state index in [4.69, 9.17) is 67.1 Å². The maximum absolute atomic E-state index is 12.2. The number of fused-ring (bicyclic) bond motifs is 2. The zero-order valence-electron chi connectivity index (χ0n) is 35.2. The van der Waals surface area contributed by atoms with Crippen LogP contribution in [0.2, 0.25) is 0 Å². The van der Waals surface area contributed by atoms with Crippen LogP contribution in [0.15, 0.2) is 205 Å². The predicted molar refractivity (Wildman–Crippen MR) is 294 cm³/mol. The van der Waals surface area contributed by atoms with Gasteiger partial charge in [-0.15, -0.1) is 5.10 Å². The topological polar surface area (TPSA) is 107 Å². The van der Waals surface area contributed by atoms with Crippen molar-refractivity contribution in [2.75, 3.05) is 12.0 Å². The van der Waals surface area contributed by atoms with Crippen LogP contribution in [0, 0.1) is 0 Å². The molecule has 0 aliphatic carbocycles. The third-order valence-electron chi connectivity index (χ3n) is 9.42. The molecule has 9 aromatic rings. The van der Waals surface area contributed by atoms with Crippen molar-refractivity contribution in [1.82, 2.24) is 14.8 Å². The van der Waals surface area contributed by atoms with Gasteiger partial charge in [0.05, 0.1) is 18.0 Å². The normalized spacial score (nSPS) is 11.0. The lowest BCUT2D eigenvalue weighted by Crippen LogP contribution is -2.10. The van der Waals surface area contributed by atoms with Crippen LogP contribution < -0.4 is 11.3 Å². The van der Waals surface area contributed by atoms with Gasteiger partial charge in [-0.05, 0) is 103 Å². The average Bonchev–Trinajstić information content (AvgIpc) is 3.77. The number of anilines is 1. The second-order valence-electron chi connectivity index (χ2n) is 14.0. The highest BCUT2D eigenvalue weighted by Gasteiger charge is 2.17. The number of hydrogen-bond acceptors (Lipinski definition) is 6. The summed E-state index contributed by atoms with van der Waals surface area (Å²) < 4.78 is 9.77. The smallest absolute Gasteiger partial charge is 0.280 e. The number of alkyl halides is 4. The second-order valence-corrected chi connectivity index (χ2v) is 21.0. The van der Waals surface area contributed by atoms with Crippen molar-refractivity contribution < 1.29 is 9.53 Å². The monoisotopic (exact) mass is 1220 g/mol. The number of rotatable bonds is 7. The maximum Gasteiger partial charge on any atom is 0.280 e.